The third-order valence-corrected chi connectivity index (χ3v) is 4.30. The van der Waals surface area contributed by atoms with Crippen molar-refractivity contribution in [3.05, 3.63) is 22.5 Å². The van der Waals surface area contributed by atoms with E-state index in [9.17, 15) is 14.4 Å². The van der Waals surface area contributed by atoms with E-state index in [1.54, 1.807) is 23.3 Å². The molecule has 0 radical (unpaired) electrons. The van der Waals surface area contributed by atoms with Gasteiger partial charge in [0.05, 0.1) is 13.7 Å². The first-order valence-corrected chi connectivity index (χ1v) is 8.31. The molecule has 0 spiro atoms. The Hall–Kier alpha value is -2.11. The molecule has 6 heteroatoms. The zero-order valence-electron chi connectivity index (χ0n) is 15.7. The van der Waals surface area contributed by atoms with Gasteiger partial charge in [-0.15, -0.1) is 0 Å². The SMILES string of the molecule is CCC(=O)N(CC(=O)c1c(C)c(C(=O)OC)n(CC)c1C)C(C)C. The fourth-order valence-electron chi connectivity index (χ4n) is 3.06. The first kappa shape index (κ1) is 19.9. The van der Waals surface area contributed by atoms with Crippen LogP contribution in [0.2, 0.25) is 0 Å². The van der Waals surface area contributed by atoms with E-state index in [4.69, 9.17) is 4.74 Å². The highest BCUT2D eigenvalue weighted by molar-refractivity contribution is 6.04. The third kappa shape index (κ3) is 3.68. The highest BCUT2D eigenvalue weighted by Crippen LogP contribution is 2.24. The van der Waals surface area contributed by atoms with Gasteiger partial charge >= 0.3 is 5.97 Å². The molecule has 0 unspecified atom stereocenters. The number of carbonyl (C=O) groups excluding carboxylic acids is 3. The number of Topliss-reactive ketones (excluding diaryl/α,β-unsaturated/α-hetero) is 1. The molecular formula is C18H28N2O4. The molecule has 1 aromatic heterocycles. The number of hydrogen-bond acceptors (Lipinski definition) is 4. The van der Waals surface area contributed by atoms with Crippen LogP contribution < -0.4 is 0 Å². The maximum atomic E-state index is 12.9. The molecule has 6 nitrogen and oxygen atoms in total. The summed E-state index contributed by atoms with van der Waals surface area (Å²) in [4.78, 5) is 38.6. The number of ether oxygens (including phenoxy) is 1. The molecule has 0 fully saturated rings. The minimum atomic E-state index is -0.457. The lowest BCUT2D eigenvalue weighted by Crippen LogP contribution is -2.40. The van der Waals surface area contributed by atoms with E-state index in [0.717, 1.165) is 5.69 Å². The van der Waals surface area contributed by atoms with Gasteiger partial charge in [-0.3, -0.25) is 9.59 Å². The molecule has 0 bridgehead atoms. The molecule has 0 N–H and O–H groups in total. The average molecular weight is 336 g/mol. The summed E-state index contributed by atoms with van der Waals surface area (Å²) in [5, 5.41) is 0. The molecular weight excluding hydrogens is 308 g/mol. The van der Waals surface area contributed by atoms with E-state index < -0.39 is 5.97 Å². The molecule has 1 heterocycles. The van der Waals surface area contributed by atoms with E-state index in [1.165, 1.54) is 7.11 Å². The Morgan fingerprint density at radius 2 is 1.75 bits per heavy atom. The van der Waals surface area contributed by atoms with Gasteiger partial charge in [-0.1, -0.05) is 6.92 Å². The summed E-state index contributed by atoms with van der Waals surface area (Å²) in [6.45, 7) is 11.6. The number of aromatic nitrogens is 1. The van der Waals surface area contributed by atoms with Gasteiger partial charge in [-0.05, 0) is 40.2 Å². The molecule has 0 aliphatic heterocycles. The average Bonchev–Trinajstić information content (AvgIpc) is 2.80. The van der Waals surface area contributed by atoms with E-state index in [1.807, 2.05) is 27.7 Å². The van der Waals surface area contributed by atoms with Crippen LogP contribution in [-0.2, 0) is 16.1 Å². The van der Waals surface area contributed by atoms with E-state index in [0.29, 0.717) is 29.8 Å². The Balaban J connectivity index is 3.31. The maximum absolute atomic E-state index is 12.9. The van der Waals surface area contributed by atoms with Gasteiger partial charge in [0.1, 0.15) is 5.69 Å². The number of hydrogen-bond donors (Lipinski definition) is 0. The normalized spacial score (nSPS) is 10.8. The van der Waals surface area contributed by atoms with Crippen LogP contribution in [0, 0.1) is 13.8 Å². The minimum absolute atomic E-state index is 0.0142. The van der Waals surface area contributed by atoms with Crippen LogP contribution in [0.3, 0.4) is 0 Å². The van der Waals surface area contributed by atoms with Gasteiger partial charge in [-0.25, -0.2) is 4.79 Å². The molecule has 24 heavy (non-hydrogen) atoms. The summed E-state index contributed by atoms with van der Waals surface area (Å²) < 4.78 is 6.63. The van der Waals surface area contributed by atoms with Crippen molar-refractivity contribution < 1.29 is 19.1 Å². The summed E-state index contributed by atoms with van der Waals surface area (Å²) in [6.07, 6.45) is 0.354. The van der Waals surface area contributed by atoms with Gasteiger partial charge in [0, 0.05) is 30.3 Å². The summed E-state index contributed by atoms with van der Waals surface area (Å²) in [6, 6.07) is -0.0599. The molecule has 0 atom stereocenters. The number of rotatable bonds is 7. The zero-order valence-corrected chi connectivity index (χ0v) is 15.7. The van der Waals surface area contributed by atoms with Gasteiger partial charge in [0.2, 0.25) is 5.91 Å². The van der Waals surface area contributed by atoms with Gasteiger partial charge in [-0.2, -0.15) is 0 Å². The molecule has 0 saturated heterocycles. The number of amides is 1. The van der Waals surface area contributed by atoms with Crippen LogP contribution in [-0.4, -0.2) is 46.8 Å². The van der Waals surface area contributed by atoms with Gasteiger partial charge in [0.15, 0.2) is 5.78 Å². The molecule has 0 aliphatic carbocycles. The fraction of sp³-hybridized carbons (Fsp3) is 0.611. The molecule has 1 rings (SSSR count). The monoisotopic (exact) mass is 336 g/mol. The van der Waals surface area contributed by atoms with Crippen molar-refractivity contribution in [2.24, 2.45) is 0 Å². The summed E-state index contributed by atoms with van der Waals surface area (Å²) in [5.74, 6) is -0.670. The number of ketones is 1. The number of esters is 1. The second-order valence-electron chi connectivity index (χ2n) is 6.06. The van der Waals surface area contributed by atoms with Crippen LogP contribution in [0.1, 0.15) is 66.2 Å². The lowest BCUT2D eigenvalue weighted by Gasteiger charge is -2.25. The number of methoxy groups -OCH3 is 1. The number of nitrogens with zero attached hydrogens (tertiary/aromatic N) is 2. The van der Waals surface area contributed by atoms with Crippen LogP contribution in [0.15, 0.2) is 0 Å². The second kappa shape index (κ2) is 8.13. The van der Waals surface area contributed by atoms with Crippen molar-refractivity contribution in [2.75, 3.05) is 13.7 Å². The number of carbonyl (C=O) groups is 3. The molecule has 0 saturated carbocycles. The Morgan fingerprint density at radius 1 is 1.17 bits per heavy atom. The predicted molar refractivity (Wildman–Crippen MR) is 92.4 cm³/mol. The highest BCUT2D eigenvalue weighted by atomic mass is 16.5. The standard InChI is InChI=1S/C18H28N2O4/c1-8-15(22)20(11(3)4)10-14(21)16-12(5)17(18(23)24-7)19(9-2)13(16)6/h11H,8-10H2,1-7H3. The van der Waals surface area contributed by atoms with Crippen molar-refractivity contribution in [3.63, 3.8) is 0 Å². The Morgan fingerprint density at radius 3 is 2.17 bits per heavy atom. The van der Waals surface area contributed by atoms with Crippen LogP contribution >= 0.6 is 0 Å². The third-order valence-electron chi connectivity index (χ3n) is 4.30. The second-order valence-corrected chi connectivity index (χ2v) is 6.06. The first-order chi connectivity index (χ1) is 11.2. The molecule has 0 aliphatic rings. The lowest BCUT2D eigenvalue weighted by molar-refractivity contribution is -0.132. The largest absolute Gasteiger partial charge is 0.464 e. The smallest absolute Gasteiger partial charge is 0.354 e. The maximum Gasteiger partial charge on any atom is 0.354 e. The topological polar surface area (TPSA) is 68.6 Å². The summed E-state index contributed by atoms with van der Waals surface area (Å²) in [5.41, 5.74) is 2.25. The molecule has 0 aromatic carbocycles. The lowest BCUT2D eigenvalue weighted by atomic mass is 10.0. The van der Waals surface area contributed by atoms with Crippen molar-refractivity contribution in [2.45, 2.75) is 60.5 Å². The Labute approximate surface area is 143 Å². The molecule has 134 valence electrons. The predicted octanol–water partition coefficient (Wildman–Crippen LogP) is 2.74. The van der Waals surface area contributed by atoms with Crippen molar-refractivity contribution in [1.29, 1.82) is 0 Å². The molecule has 1 amide bonds. The quantitative estimate of drug-likeness (QED) is 0.567. The highest BCUT2D eigenvalue weighted by Gasteiger charge is 2.28. The van der Waals surface area contributed by atoms with Crippen molar-refractivity contribution in [1.82, 2.24) is 9.47 Å². The van der Waals surface area contributed by atoms with E-state index in [2.05, 4.69) is 0 Å². The van der Waals surface area contributed by atoms with Crippen LogP contribution in [0.25, 0.3) is 0 Å². The van der Waals surface area contributed by atoms with Crippen LogP contribution in [0.5, 0.6) is 0 Å². The fourth-order valence-corrected chi connectivity index (χ4v) is 3.06. The Bertz CT molecular complexity index is 644. The Kier molecular flexibility index (Phi) is 6.75. The zero-order chi connectivity index (χ0) is 18.6. The van der Waals surface area contributed by atoms with E-state index >= 15 is 0 Å². The van der Waals surface area contributed by atoms with E-state index in [-0.39, 0.29) is 24.3 Å². The van der Waals surface area contributed by atoms with Gasteiger partial charge in [0.25, 0.3) is 0 Å². The van der Waals surface area contributed by atoms with Crippen LogP contribution in [0.4, 0.5) is 0 Å². The minimum Gasteiger partial charge on any atom is -0.464 e. The van der Waals surface area contributed by atoms with Gasteiger partial charge < -0.3 is 14.2 Å². The molecule has 1 aromatic rings. The first-order valence-electron chi connectivity index (χ1n) is 8.31. The summed E-state index contributed by atoms with van der Waals surface area (Å²) >= 11 is 0. The van der Waals surface area contributed by atoms with Crippen molar-refractivity contribution in [3.8, 4) is 0 Å². The van der Waals surface area contributed by atoms with Crippen molar-refractivity contribution >= 4 is 17.7 Å². The summed E-state index contributed by atoms with van der Waals surface area (Å²) in [7, 11) is 1.33.